The van der Waals surface area contributed by atoms with E-state index in [2.05, 4.69) is 0 Å². The molecule has 1 aliphatic rings. The lowest BCUT2D eigenvalue weighted by molar-refractivity contribution is -0.141. The van der Waals surface area contributed by atoms with Gasteiger partial charge in [0.2, 0.25) is 5.91 Å². The lowest BCUT2D eigenvalue weighted by Gasteiger charge is -2.17. The third kappa shape index (κ3) is 2.05. The summed E-state index contributed by atoms with van der Waals surface area (Å²) in [6.45, 7) is 1.23. The van der Waals surface area contributed by atoms with Crippen molar-refractivity contribution in [2.75, 3.05) is 11.4 Å². The molecule has 1 saturated heterocycles. The van der Waals surface area contributed by atoms with Gasteiger partial charge in [-0.3, -0.25) is 9.59 Å². The van der Waals surface area contributed by atoms with Crippen molar-refractivity contribution in [3.8, 4) is 0 Å². The first-order valence-corrected chi connectivity index (χ1v) is 5.39. The van der Waals surface area contributed by atoms with E-state index in [1.165, 1.54) is 6.92 Å². The molecule has 1 unspecified atom stereocenters. The van der Waals surface area contributed by atoms with Gasteiger partial charge in [0.1, 0.15) is 11.6 Å². The van der Waals surface area contributed by atoms with E-state index in [1.54, 1.807) is 0 Å². The van der Waals surface area contributed by atoms with Crippen LogP contribution in [0, 0.1) is 24.5 Å². The molecule has 1 atom stereocenters. The molecule has 2 rings (SSSR count). The van der Waals surface area contributed by atoms with Crippen LogP contribution in [0.4, 0.5) is 14.5 Å². The maximum atomic E-state index is 13.4. The van der Waals surface area contributed by atoms with Gasteiger partial charge < -0.3 is 10.0 Å². The SMILES string of the molecule is Cc1c(F)cc(N2CC(C(=O)O)CC2=O)cc1F. The molecule has 0 spiro atoms. The second-order valence-electron chi connectivity index (χ2n) is 4.28. The van der Waals surface area contributed by atoms with Crippen LogP contribution < -0.4 is 4.90 Å². The molecule has 1 N–H and O–H groups in total. The van der Waals surface area contributed by atoms with Gasteiger partial charge in [0.15, 0.2) is 0 Å². The Bertz CT molecular complexity index is 507. The van der Waals surface area contributed by atoms with E-state index in [4.69, 9.17) is 5.11 Å². The van der Waals surface area contributed by atoms with Crippen LogP contribution in [-0.2, 0) is 9.59 Å². The second kappa shape index (κ2) is 4.36. The highest BCUT2D eigenvalue weighted by molar-refractivity contribution is 5.99. The molecule has 1 amide bonds. The molecule has 0 bridgehead atoms. The van der Waals surface area contributed by atoms with Crippen molar-refractivity contribution in [1.82, 2.24) is 0 Å². The van der Waals surface area contributed by atoms with E-state index in [1.807, 2.05) is 0 Å². The second-order valence-corrected chi connectivity index (χ2v) is 4.28. The van der Waals surface area contributed by atoms with Crippen molar-refractivity contribution in [3.05, 3.63) is 29.3 Å². The van der Waals surface area contributed by atoms with Gasteiger partial charge >= 0.3 is 5.97 Å². The fraction of sp³-hybridized carbons (Fsp3) is 0.333. The maximum absolute atomic E-state index is 13.4. The average molecular weight is 255 g/mol. The van der Waals surface area contributed by atoms with Gasteiger partial charge in [-0.25, -0.2) is 8.78 Å². The van der Waals surface area contributed by atoms with Crippen LogP contribution in [0.5, 0.6) is 0 Å². The van der Waals surface area contributed by atoms with E-state index in [0.29, 0.717) is 0 Å². The minimum Gasteiger partial charge on any atom is -0.481 e. The molecule has 18 heavy (non-hydrogen) atoms. The normalized spacial score (nSPS) is 19.4. The Labute approximate surface area is 102 Å². The Balaban J connectivity index is 2.33. The molecule has 4 nitrogen and oxygen atoms in total. The van der Waals surface area contributed by atoms with Gasteiger partial charge in [0.25, 0.3) is 0 Å². The average Bonchev–Trinajstić information content (AvgIpc) is 2.68. The summed E-state index contributed by atoms with van der Waals surface area (Å²) in [5.74, 6) is -3.86. The van der Waals surface area contributed by atoms with Crippen LogP contribution in [0.25, 0.3) is 0 Å². The zero-order valence-electron chi connectivity index (χ0n) is 9.61. The van der Waals surface area contributed by atoms with Crippen molar-refractivity contribution in [2.45, 2.75) is 13.3 Å². The Hall–Kier alpha value is -1.98. The first-order valence-electron chi connectivity index (χ1n) is 5.39. The quantitative estimate of drug-likeness (QED) is 0.875. The van der Waals surface area contributed by atoms with E-state index in [9.17, 15) is 18.4 Å². The Morgan fingerprint density at radius 3 is 2.39 bits per heavy atom. The molecule has 96 valence electrons. The third-order valence-electron chi connectivity index (χ3n) is 3.05. The summed E-state index contributed by atoms with van der Waals surface area (Å²) in [5, 5.41) is 8.82. The zero-order chi connectivity index (χ0) is 13.4. The van der Waals surface area contributed by atoms with Gasteiger partial charge in [-0.1, -0.05) is 0 Å². The minimum absolute atomic E-state index is 0.0594. The predicted molar refractivity (Wildman–Crippen MR) is 59.2 cm³/mol. The minimum atomic E-state index is -1.08. The van der Waals surface area contributed by atoms with Crippen molar-refractivity contribution < 1.29 is 23.5 Å². The zero-order valence-corrected chi connectivity index (χ0v) is 9.61. The van der Waals surface area contributed by atoms with Gasteiger partial charge in [0, 0.05) is 24.2 Å². The number of hydrogen-bond acceptors (Lipinski definition) is 2. The Kier molecular flexibility index (Phi) is 3.02. The number of benzene rings is 1. The lowest BCUT2D eigenvalue weighted by atomic mass is 10.1. The molecular formula is C12H11F2NO3. The topological polar surface area (TPSA) is 57.6 Å². The fourth-order valence-corrected chi connectivity index (χ4v) is 1.91. The van der Waals surface area contributed by atoms with Crippen LogP contribution in [-0.4, -0.2) is 23.5 Å². The van der Waals surface area contributed by atoms with Crippen LogP contribution in [0.2, 0.25) is 0 Å². The standard InChI is InChI=1S/C12H11F2NO3/c1-6-9(13)3-8(4-10(6)14)15-5-7(12(17)18)2-11(15)16/h3-4,7H,2,5H2,1H3,(H,17,18). The summed E-state index contributed by atoms with van der Waals surface area (Å²) in [4.78, 5) is 23.5. The fourth-order valence-electron chi connectivity index (χ4n) is 1.91. The van der Waals surface area contributed by atoms with Crippen molar-refractivity contribution in [1.29, 1.82) is 0 Å². The van der Waals surface area contributed by atoms with E-state index >= 15 is 0 Å². The number of nitrogens with zero attached hydrogens (tertiary/aromatic N) is 1. The number of anilines is 1. The molecule has 0 aromatic heterocycles. The van der Waals surface area contributed by atoms with Gasteiger partial charge in [0.05, 0.1) is 5.92 Å². The molecule has 1 aliphatic heterocycles. The molecule has 1 aromatic carbocycles. The number of rotatable bonds is 2. The van der Waals surface area contributed by atoms with Crippen LogP contribution in [0.15, 0.2) is 12.1 Å². The van der Waals surface area contributed by atoms with Gasteiger partial charge in [-0.15, -0.1) is 0 Å². The summed E-state index contributed by atoms with van der Waals surface area (Å²) in [5.41, 5.74) is -0.0652. The molecule has 6 heteroatoms. The Morgan fingerprint density at radius 1 is 1.39 bits per heavy atom. The van der Waals surface area contributed by atoms with E-state index in [0.717, 1.165) is 17.0 Å². The van der Waals surface area contributed by atoms with Gasteiger partial charge in [-0.2, -0.15) is 0 Å². The van der Waals surface area contributed by atoms with Crippen molar-refractivity contribution in [3.63, 3.8) is 0 Å². The van der Waals surface area contributed by atoms with Crippen LogP contribution in [0.1, 0.15) is 12.0 Å². The number of carboxylic acid groups (broad SMARTS) is 1. The highest BCUT2D eigenvalue weighted by atomic mass is 19.1. The molecule has 1 aromatic rings. The van der Waals surface area contributed by atoms with E-state index in [-0.39, 0.29) is 24.2 Å². The summed E-state index contributed by atoms with van der Waals surface area (Å²) in [6, 6.07) is 2.08. The van der Waals surface area contributed by atoms with Crippen molar-refractivity contribution in [2.24, 2.45) is 5.92 Å². The monoisotopic (exact) mass is 255 g/mol. The number of carbonyl (C=O) groups excluding carboxylic acids is 1. The number of carboxylic acids is 1. The number of hydrogen-bond donors (Lipinski definition) is 1. The maximum Gasteiger partial charge on any atom is 0.308 e. The van der Waals surface area contributed by atoms with E-state index < -0.39 is 29.4 Å². The van der Waals surface area contributed by atoms with Crippen LogP contribution >= 0.6 is 0 Å². The largest absolute Gasteiger partial charge is 0.481 e. The Morgan fingerprint density at radius 2 is 1.94 bits per heavy atom. The highest BCUT2D eigenvalue weighted by Gasteiger charge is 2.35. The van der Waals surface area contributed by atoms with Crippen molar-refractivity contribution >= 4 is 17.6 Å². The van der Waals surface area contributed by atoms with Gasteiger partial charge in [-0.05, 0) is 19.1 Å². The molecule has 1 heterocycles. The number of aliphatic carboxylic acids is 1. The van der Waals surface area contributed by atoms with Crippen LogP contribution in [0.3, 0.4) is 0 Å². The predicted octanol–water partition coefficient (Wildman–Crippen LogP) is 1.71. The third-order valence-corrected chi connectivity index (χ3v) is 3.05. The lowest BCUT2D eigenvalue weighted by Crippen LogP contribution is -2.26. The number of carbonyl (C=O) groups is 2. The highest BCUT2D eigenvalue weighted by Crippen LogP contribution is 2.28. The number of amides is 1. The number of halogens is 2. The molecular weight excluding hydrogens is 244 g/mol. The first-order chi connectivity index (χ1) is 8.40. The smallest absolute Gasteiger partial charge is 0.308 e. The summed E-state index contributed by atoms with van der Waals surface area (Å²) >= 11 is 0. The molecule has 0 radical (unpaired) electrons. The molecule has 0 saturated carbocycles. The molecule has 0 aliphatic carbocycles. The first kappa shape index (κ1) is 12.5. The molecule has 1 fully saturated rings. The summed E-state index contributed by atoms with van der Waals surface area (Å²) in [7, 11) is 0. The summed E-state index contributed by atoms with van der Waals surface area (Å²) in [6.07, 6.45) is -0.146. The summed E-state index contributed by atoms with van der Waals surface area (Å²) < 4.78 is 26.8.